The van der Waals surface area contributed by atoms with E-state index in [2.05, 4.69) is 13.8 Å². The molecule has 0 aromatic carbocycles. The second-order valence-corrected chi connectivity index (χ2v) is 12.2. The molecule has 0 aromatic rings. The van der Waals surface area contributed by atoms with E-state index in [1.54, 1.807) is 0 Å². The molecule has 4 saturated carbocycles. The molecule has 4 fully saturated rings. The molecular weight excluding hydrogens is 380 g/mol. The molecule has 0 radical (unpaired) electrons. The Kier molecular flexibility index (Phi) is 8.46. The van der Waals surface area contributed by atoms with E-state index in [1.165, 1.54) is 103 Å². The summed E-state index contributed by atoms with van der Waals surface area (Å²) in [5.74, 6) is 4.23. The van der Waals surface area contributed by atoms with Gasteiger partial charge in [0.05, 0.1) is 12.2 Å². The van der Waals surface area contributed by atoms with Crippen LogP contribution in [0.3, 0.4) is 0 Å². The molecule has 31 heavy (non-hydrogen) atoms. The van der Waals surface area contributed by atoms with Crippen LogP contribution in [0.1, 0.15) is 129 Å². The van der Waals surface area contributed by atoms with Crippen LogP contribution in [0.15, 0.2) is 0 Å². The van der Waals surface area contributed by atoms with E-state index in [-0.39, 0.29) is 12.2 Å². The predicted molar refractivity (Wildman–Crippen MR) is 130 cm³/mol. The van der Waals surface area contributed by atoms with Gasteiger partial charge in [-0.05, 0) is 92.3 Å². The highest BCUT2D eigenvalue weighted by Crippen LogP contribution is 2.57. The summed E-state index contributed by atoms with van der Waals surface area (Å²) >= 11 is 0. The lowest BCUT2D eigenvalue weighted by molar-refractivity contribution is -0.0819. The zero-order chi connectivity index (χ0) is 21.8. The molecule has 2 heteroatoms. The fraction of sp³-hybridized carbons (Fsp3) is 1.00. The number of hydrogen-bond donors (Lipinski definition) is 2. The molecule has 4 aliphatic rings. The zero-order valence-corrected chi connectivity index (χ0v) is 20.7. The van der Waals surface area contributed by atoms with Crippen LogP contribution in [-0.2, 0) is 0 Å². The van der Waals surface area contributed by atoms with Crippen LogP contribution >= 0.6 is 0 Å². The Balaban J connectivity index is 1.50. The predicted octanol–water partition coefficient (Wildman–Crippen LogP) is 7.51. The molecule has 4 aliphatic carbocycles. The summed E-state index contributed by atoms with van der Waals surface area (Å²) in [5, 5.41) is 21.9. The third-order valence-corrected chi connectivity index (χ3v) is 11.2. The van der Waals surface area contributed by atoms with Crippen LogP contribution in [0.4, 0.5) is 0 Å². The Morgan fingerprint density at radius 3 is 1.29 bits per heavy atom. The SMILES string of the molecule is CCC(CC)(C1CCC(O)C(C2CCCCC2)C1)C1CCC(O)C(C2CCCCC2)C1. The minimum Gasteiger partial charge on any atom is -0.393 e. The van der Waals surface area contributed by atoms with Gasteiger partial charge >= 0.3 is 0 Å². The van der Waals surface area contributed by atoms with Gasteiger partial charge in [-0.2, -0.15) is 0 Å². The van der Waals surface area contributed by atoms with Crippen LogP contribution in [0.25, 0.3) is 0 Å². The van der Waals surface area contributed by atoms with E-state index < -0.39 is 0 Å². The number of hydrogen-bond acceptors (Lipinski definition) is 2. The molecule has 0 aliphatic heterocycles. The van der Waals surface area contributed by atoms with Crippen molar-refractivity contribution in [2.45, 2.75) is 142 Å². The van der Waals surface area contributed by atoms with E-state index in [0.29, 0.717) is 17.3 Å². The quantitative estimate of drug-likeness (QED) is 0.456. The number of rotatable bonds is 6. The minimum atomic E-state index is -0.0473. The van der Waals surface area contributed by atoms with Gasteiger partial charge in [0.15, 0.2) is 0 Å². The van der Waals surface area contributed by atoms with E-state index in [9.17, 15) is 10.2 Å². The van der Waals surface area contributed by atoms with Crippen molar-refractivity contribution in [1.82, 2.24) is 0 Å². The van der Waals surface area contributed by atoms with Crippen molar-refractivity contribution in [3.05, 3.63) is 0 Å². The summed E-state index contributed by atoms with van der Waals surface area (Å²) in [6.45, 7) is 4.93. The lowest BCUT2D eigenvalue weighted by Gasteiger charge is -2.54. The van der Waals surface area contributed by atoms with Gasteiger partial charge in [-0.3, -0.25) is 0 Å². The van der Waals surface area contributed by atoms with Crippen LogP contribution in [0, 0.1) is 40.9 Å². The molecule has 0 bridgehead atoms. The van der Waals surface area contributed by atoms with Crippen molar-refractivity contribution in [3.63, 3.8) is 0 Å². The van der Waals surface area contributed by atoms with Gasteiger partial charge in [-0.25, -0.2) is 0 Å². The Bertz CT molecular complexity index is 485. The van der Waals surface area contributed by atoms with Gasteiger partial charge in [-0.15, -0.1) is 0 Å². The molecule has 180 valence electrons. The van der Waals surface area contributed by atoms with Crippen molar-refractivity contribution in [2.75, 3.05) is 0 Å². The lowest BCUT2D eigenvalue weighted by atomic mass is 9.52. The summed E-state index contributed by atoms with van der Waals surface area (Å²) in [5.41, 5.74) is 0.431. The van der Waals surface area contributed by atoms with Crippen LogP contribution in [0.5, 0.6) is 0 Å². The third-order valence-electron chi connectivity index (χ3n) is 11.2. The van der Waals surface area contributed by atoms with Crippen molar-refractivity contribution < 1.29 is 10.2 Å². The van der Waals surface area contributed by atoms with E-state index >= 15 is 0 Å². The van der Waals surface area contributed by atoms with E-state index in [1.807, 2.05) is 0 Å². The first-order chi connectivity index (χ1) is 15.1. The zero-order valence-electron chi connectivity index (χ0n) is 20.7. The molecule has 0 aromatic heterocycles. The summed E-state index contributed by atoms with van der Waals surface area (Å²) in [4.78, 5) is 0. The molecule has 6 atom stereocenters. The van der Waals surface area contributed by atoms with Gasteiger partial charge in [0.1, 0.15) is 0 Å². The third kappa shape index (κ3) is 5.06. The summed E-state index contributed by atoms with van der Waals surface area (Å²) in [7, 11) is 0. The van der Waals surface area contributed by atoms with Gasteiger partial charge in [-0.1, -0.05) is 78.1 Å². The average molecular weight is 433 g/mol. The van der Waals surface area contributed by atoms with Crippen molar-refractivity contribution in [1.29, 1.82) is 0 Å². The first-order valence-corrected chi connectivity index (χ1v) is 14.4. The van der Waals surface area contributed by atoms with Crippen LogP contribution in [-0.4, -0.2) is 22.4 Å². The second kappa shape index (κ2) is 10.9. The summed E-state index contributed by atoms with van der Waals surface area (Å²) < 4.78 is 0. The maximum absolute atomic E-state index is 11.0. The van der Waals surface area contributed by atoms with E-state index in [4.69, 9.17) is 0 Å². The normalized spacial score (nSPS) is 39.5. The smallest absolute Gasteiger partial charge is 0.0571 e. The lowest BCUT2D eigenvalue weighted by Crippen LogP contribution is -2.48. The standard InChI is InChI=1S/C29H52O2/c1-3-29(4-2,23-15-17-27(30)25(19-23)21-11-7-5-8-12-21)24-16-18-28(31)26(20-24)22-13-9-6-10-14-22/h21-28,30-31H,3-20H2,1-2H3. The Morgan fingerprint density at radius 1 is 0.548 bits per heavy atom. The highest BCUT2D eigenvalue weighted by Gasteiger charge is 2.49. The first-order valence-electron chi connectivity index (χ1n) is 14.4. The van der Waals surface area contributed by atoms with Gasteiger partial charge in [0, 0.05) is 0 Å². The topological polar surface area (TPSA) is 40.5 Å². The average Bonchev–Trinajstić information content (AvgIpc) is 2.83. The van der Waals surface area contributed by atoms with Crippen molar-refractivity contribution in [3.8, 4) is 0 Å². The summed E-state index contributed by atoms with van der Waals surface area (Å²) in [6, 6.07) is 0. The van der Waals surface area contributed by atoms with Crippen molar-refractivity contribution >= 4 is 0 Å². The first kappa shape index (κ1) is 24.1. The molecular formula is C29H52O2. The monoisotopic (exact) mass is 432 g/mol. The Hall–Kier alpha value is -0.0800. The molecule has 4 rings (SSSR count). The van der Waals surface area contributed by atoms with Crippen molar-refractivity contribution in [2.24, 2.45) is 40.9 Å². The highest BCUT2D eigenvalue weighted by atomic mass is 16.3. The van der Waals surface area contributed by atoms with Gasteiger partial charge in [0.25, 0.3) is 0 Å². The highest BCUT2D eigenvalue weighted by molar-refractivity contribution is 4.99. The molecule has 0 spiro atoms. The molecule has 2 N–H and O–H groups in total. The molecule has 6 unspecified atom stereocenters. The van der Waals surface area contributed by atoms with Gasteiger partial charge in [0.2, 0.25) is 0 Å². The molecule has 0 saturated heterocycles. The maximum Gasteiger partial charge on any atom is 0.0571 e. The maximum atomic E-state index is 11.0. The number of aliphatic hydroxyl groups excluding tert-OH is 2. The molecule has 0 amide bonds. The summed E-state index contributed by atoms with van der Waals surface area (Å²) in [6.07, 6.45) is 23.4. The minimum absolute atomic E-state index is 0.0473. The van der Waals surface area contributed by atoms with E-state index in [0.717, 1.165) is 36.5 Å². The number of aliphatic hydroxyl groups is 2. The fourth-order valence-electron chi connectivity index (χ4n) is 9.30. The fourth-order valence-corrected chi connectivity index (χ4v) is 9.30. The van der Waals surface area contributed by atoms with Crippen LogP contribution < -0.4 is 0 Å². The Morgan fingerprint density at radius 2 is 0.935 bits per heavy atom. The molecule has 0 heterocycles. The largest absolute Gasteiger partial charge is 0.393 e. The molecule has 2 nitrogen and oxygen atoms in total. The second-order valence-electron chi connectivity index (χ2n) is 12.2. The van der Waals surface area contributed by atoms with Gasteiger partial charge < -0.3 is 10.2 Å². The van der Waals surface area contributed by atoms with Crippen LogP contribution in [0.2, 0.25) is 0 Å². The Labute approximate surface area is 193 Å².